The van der Waals surface area contributed by atoms with E-state index in [0.29, 0.717) is 11.5 Å². The third-order valence-electron chi connectivity index (χ3n) is 2.99. The van der Waals surface area contributed by atoms with Crippen molar-refractivity contribution in [2.24, 2.45) is 0 Å². The molecule has 0 aromatic heterocycles. The smallest absolute Gasteiger partial charge is 0.161 e. The highest BCUT2D eigenvalue weighted by molar-refractivity contribution is 7.90. The van der Waals surface area contributed by atoms with Gasteiger partial charge in [-0.15, -0.1) is 0 Å². The van der Waals surface area contributed by atoms with Crippen molar-refractivity contribution in [2.75, 3.05) is 26.2 Å². The molecule has 0 aliphatic carbocycles. The number of ether oxygens (including phenoxy) is 2. The van der Waals surface area contributed by atoms with Crippen molar-refractivity contribution in [1.29, 1.82) is 0 Å². The Balaban J connectivity index is 2.79. The van der Waals surface area contributed by atoms with Crippen LogP contribution in [-0.4, -0.2) is 40.7 Å². The molecular formula is C14H23NO4S. The van der Waals surface area contributed by atoms with Gasteiger partial charge in [-0.2, -0.15) is 0 Å². The Morgan fingerprint density at radius 2 is 1.75 bits per heavy atom. The van der Waals surface area contributed by atoms with E-state index in [-0.39, 0.29) is 17.8 Å². The second-order valence-corrected chi connectivity index (χ2v) is 7.18. The molecule has 0 amide bonds. The van der Waals surface area contributed by atoms with Crippen LogP contribution in [0.5, 0.6) is 11.5 Å². The van der Waals surface area contributed by atoms with E-state index in [1.54, 1.807) is 14.2 Å². The largest absolute Gasteiger partial charge is 0.493 e. The third-order valence-corrected chi connectivity index (χ3v) is 4.10. The van der Waals surface area contributed by atoms with E-state index in [1.165, 1.54) is 6.26 Å². The molecule has 0 saturated carbocycles. The number of hydrogen-bond acceptors (Lipinski definition) is 5. The van der Waals surface area contributed by atoms with Gasteiger partial charge in [0.25, 0.3) is 0 Å². The molecule has 0 radical (unpaired) electrons. The van der Waals surface area contributed by atoms with E-state index in [9.17, 15) is 8.42 Å². The molecule has 0 spiro atoms. The van der Waals surface area contributed by atoms with E-state index in [4.69, 9.17) is 9.47 Å². The standard InChI is InChI=1S/C14H23NO4S/c1-10(9-20(5,16)17)15-11(2)12-6-7-13(18-3)14(8-12)19-4/h6-8,10-11,15H,9H2,1-5H3. The molecule has 0 fully saturated rings. The zero-order chi connectivity index (χ0) is 15.3. The summed E-state index contributed by atoms with van der Waals surface area (Å²) in [5.41, 5.74) is 1.02. The van der Waals surface area contributed by atoms with Gasteiger partial charge in [0.2, 0.25) is 0 Å². The number of hydrogen-bond donors (Lipinski definition) is 1. The van der Waals surface area contributed by atoms with Crippen molar-refractivity contribution >= 4 is 9.84 Å². The first-order valence-electron chi connectivity index (χ1n) is 6.42. The van der Waals surface area contributed by atoms with Crippen LogP contribution < -0.4 is 14.8 Å². The van der Waals surface area contributed by atoms with Gasteiger partial charge in [-0.05, 0) is 31.5 Å². The van der Waals surface area contributed by atoms with Gasteiger partial charge < -0.3 is 14.8 Å². The van der Waals surface area contributed by atoms with Crippen LogP contribution >= 0.6 is 0 Å². The molecule has 0 aliphatic rings. The second kappa shape index (κ2) is 6.95. The number of methoxy groups -OCH3 is 2. The van der Waals surface area contributed by atoms with Crippen LogP contribution in [0.25, 0.3) is 0 Å². The molecule has 1 rings (SSSR count). The Morgan fingerprint density at radius 3 is 2.25 bits per heavy atom. The number of sulfone groups is 1. The lowest BCUT2D eigenvalue weighted by Crippen LogP contribution is -2.34. The minimum Gasteiger partial charge on any atom is -0.493 e. The average Bonchev–Trinajstić information content (AvgIpc) is 2.35. The van der Waals surface area contributed by atoms with Gasteiger partial charge in [0.05, 0.1) is 20.0 Å². The second-order valence-electron chi connectivity index (χ2n) is 5.00. The van der Waals surface area contributed by atoms with E-state index in [0.717, 1.165) is 5.56 Å². The fourth-order valence-electron chi connectivity index (χ4n) is 2.15. The van der Waals surface area contributed by atoms with Gasteiger partial charge >= 0.3 is 0 Å². The van der Waals surface area contributed by atoms with Gasteiger partial charge in [0.15, 0.2) is 11.5 Å². The normalized spacial score (nSPS) is 14.7. The molecular weight excluding hydrogens is 278 g/mol. The first-order valence-corrected chi connectivity index (χ1v) is 8.48. The first kappa shape index (κ1) is 16.8. The summed E-state index contributed by atoms with van der Waals surface area (Å²) in [6.45, 7) is 3.85. The molecule has 1 aromatic rings. The zero-order valence-electron chi connectivity index (χ0n) is 12.6. The van der Waals surface area contributed by atoms with Crippen molar-refractivity contribution in [1.82, 2.24) is 5.32 Å². The SMILES string of the molecule is COc1ccc(C(C)NC(C)CS(C)(=O)=O)cc1OC. The zero-order valence-corrected chi connectivity index (χ0v) is 13.5. The van der Waals surface area contributed by atoms with Crippen LogP contribution in [0.1, 0.15) is 25.5 Å². The summed E-state index contributed by atoms with van der Waals surface area (Å²) in [5, 5.41) is 3.27. The molecule has 114 valence electrons. The van der Waals surface area contributed by atoms with Crippen molar-refractivity contribution in [3.63, 3.8) is 0 Å². The van der Waals surface area contributed by atoms with E-state index >= 15 is 0 Å². The summed E-state index contributed by atoms with van der Waals surface area (Å²) in [6, 6.07) is 5.57. The molecule has 1 aromatic carbocycles. The molecule has 0 aliphatic heterocycles. The van der Waals surface area contributed by atoms with Crippen molar-refractivity contribution in [2.45, 2.75) is 25.9 Å². The minimum absolute atomic E-state index is 0.0200. The molecule has 0 saturated heterocycles. The van der Waals surface area contributed by atoms with Crippen LogP contribution in [0.4, 0.5) is 0 Å². The maximum Gasteiger partial charge on any atom is 0.161 e. The van der Waals surface area contributed by atoms with Crippen LogP contribution in [0, 0.1) is 0 Å². The lowest BCUT2D eigenvalue weighted by Gasteiger charge is -2.20. The van der Waals surface area contributed by atoms with E-state index < -0.39 is 9.84 Å². The molecule has 2 unspecified atom stereocenters. The fraction of sp³-hybridized carbons (Fsp3) is 0.571. The summed E-state index contributed by atoms with van der Waals surface area (Å²) in [7, 11) is 0.198. The average molecular weight is 301 g/mol. The number of benzene rings is 1. The summed E-state index contributed by atoms with van der Waals surface area (Å²) in [6.07, 6.45) is 1.24. The van der Waals surface area contributed by atoms with Crippen molar-refractivity contribution in [3.8, 4) is 11.5 Å². The predicted octanol–water partition coefficient (Wildman–Crippen LogP) is 1.79. The Bertz CT molecular complexity index is 542. The van der Waals surface area contributed by atoms with Gasteiger partial charge in [-0.1, -0.05) is 6.07 Å². The highest BCUT2D eigenvalue weighted by Crippen LogP contribution is 2.29. The maximum atomic E-state index is 11.3. The highest BCUT2D eigenvalue weighted by Gasteiger charge is 2.15. The van der Waals surface area contributed by atoms with Gasteiger partial charge in [-0.25, -0.2) is 8.42 Å². The summed E-state index contributed by atoms with van der Waals surface area (Å²) in [5.74, 6) is 1.45. The number of rotatable bonds is 7. The Kier molecular flexibility index (Phi) is 5.83. The molecule has 0 heterocycles. The molecule has 1 N–H and O–H groups in total. The molecule has 6 heteroatoms. The van der Waals surface area contributed by atoms with Crippen LogP contribution in [-0.2, 0) is 9.84 Å². The van der Waals surface area contributed by atoms with Crippen LogP contribution in [0.2, 0.25) is 0 Å². The maximum absolute atomic E-state index is 11.3. The van der Waals surface area contributed by atoms with Crippen molar-refractivity contribution in [3.05, 3.63) is 23.8 Å². The quantitative estimate of drug-likeness (QED) is 0.832. The van der Waals surface area contributed by atoms with Gasteiger partial charge in [0.1, 0.15) is 9.84 Å². The van der Waals surface area contributed by atoms with E-state index in [2.05, 4.69) is 5.32 Å². The highest BCUT2D eigenvalue weighted by atomic mass is 32.2. The summed E-state index contributed by atoms with van der Waals surface area (Å²) < 4.78 is 33.0. The first-order chi connectivity index (χ1) is 9.26. The van der Waals surface area contributed by atoms with Gasteiger partial charge in [0, 0.05) is 18.3 Å². The molecule has 2 atom stereocenters. The molecule has 20 heavy (non-hydrogen) atoms. The lowest BCUT2D eigenvalue weighted by molar-refractivity contribution is 0.353. The molecule has 0 bridgehead atoms. The third kappa shape index (κ3) is 5.02. The Hall–Kier alpha value is -1.27. The monoisotopic (exact) mass is 301 g/mol. The molecule has 5 nitrogen and oxygen atoms in total. The lowest BCUT2D eigenvalue weighted by atomic mass is 10.1. The summed E-state index contributed by atoms with van der Waals surface area (Å²) in [4.78, 5) is 0. The van der Waals surface area contributed by atoms with Crippen LogP contribution in [0.3, 0.4) is 0 Å². The summed E-state index contributed by atoms with van der Waals surface area (Å²) >= 11 is 0. The van der Waals surface area contributed by atoms with E-state index in [1.807, 2.05) is 32.0 Å². The number of nitrogens with one attached hydrogen (secondary N) is 1. The minimum atomic E-state index is -2.98. The van der Waals surface area contributed by atoms with Crippen molar-refractivity contribution < 1.29 is 17.9 Å². The fourth-order valence-corrected chi connectivity index (χ4v) is 3.15. The Morgan fingerprint density at radius 1 is 1.15 bits per heavy atom. The topological polar surface area (TPSA) is 64.6 Å². The predicted molar refractivity (Wildman–Crippen MR) is 80.3 cm³/mol. The Labute approximate surface area is 121 Å². The van der Waals surface area contributed by atoms with Crippen LogP contribution in [0.15, 0.2) is 18.2 Å². The van der Waals surface area contributed by atoms with Gasteiger partial charge in [-0.3, -0.25) is 0 Å².